The van der Waals surface area contributed by atoms with Crippen LogP contribution in [-0.2, 0) is 4.74 Å². The van der Waals surface area contributed by atoms with Crippen LogP contribution in [0.15, 0.2) is 12.1 Å². The minimum atomic E-state index is -1.50. The molecule has 0 amide bonds. The van der Waals surface area contributed by atoms with E-state index in [9.17, 15) is 18.3 Å². The standard InChI is InChI=1S/C16H22F3NO2/c1-16(2,3)22-11-6-10(7-11)20-14(8-21)9-4-12(17)15(19)13(18)5-9/h4-5,10-11,14,20-21H,6-8H2,1-3H3. The van der Waals surface area contributed by atoms with Crippen LogP contribution in [0.3, 0.4) is 0 Å². The van der Waals surface area contributed by atoms with Gasteiger partial charge < -0.3 is 15.2 Å². The Bertz CT molecular complexity index is 502. The van der Waals surface area contributed by atoms with Crippen molar-refractivity contribution in [2.75, 3.05) is 6.61 Å². The van der Waals surface area contributed by atoms with Crippen LogP contribution < -0.4 is 5.32 Å². The fourth-order valence-electron chi connectivity index (χ4n) is 2.61. The van der Waals surface area contributed by atoms with Crippen LogP contribution in [0.25, 0.3) is 0 Å². The van der Waals surface area contributed by atoms with E-state index in [0.717, 1.165) is 25.0 Å². The number of hydrogen-bond donors (Lipinski definition) is 2. The van der Waals surface area contributed by atoms with E-state index in [1.54, 1.807) is 0 Å². The van der Waals surface area contributed by atoms with Gasteiger partial charge in [-0.3, -0.25) is 0 Å². The summed E-state index contributed by atoms with van der Waals surface area (Å²) in [6.07, 6.45) is 1.67. The Kier molecular flexibility index (Phi) is 5.14. The van der Waals surface area contributed by atoms with Gasteiger partial charge in [0, 0.05) is 6.04 Å². The third kappa shape index (κ3) is 4.21. The van der Waals surface area contributed by atoms with Gasteiger partial charge >= 0.3 is 0 Å². The molecule has 1 atom stereocenters. The molecule has 1 aliphatic carbocycles. The van der Waals surface area contributed by atoms with E-state index >= 15 is 0 Å². The van der Waals surface area contributed by atoms with Crippen molar-refractivity contribution in [3.05, 3.63) is 35.1 Å². The molecule has 1 aromatic carbocycles. The quantitative estimate of drug-likeness (QED) is 0.820. The van der Waals surface area contributed by atoms with E-state index in [2.05, 4.69) is 5.32 Å². The number of rotatable bonds is 5. The number of benzene rings is 1. The lowest BCUT2D eigenvalue weighted by molar-refractivity contribution is -0.104. The van der Waals surface area contributed by atoms with Gasteiger partial charge in [0.05, 0.1) is 24.4 Å². The largest absolute Gasteiger partial charge is 0.394 e. The first-order valence-electron chi connectivity index (χ1n) is 7.38. The minimum absolute atomic E-state index is 0.0978. The molecule has 1 aliphatic rings. The maximum atomic E-state index is 13.3. The van der Waals surface area contributed by atoms with Crippen molar-refractivity contribution in [1.29, 1.82) is 0 Å². The lowest BCUT2D eigenvalue weighted by Crippen LogP contribution is -2.49. The molecule has 0 bridgehead atoms. The van der Waals surface area contributed by atoms with Gasteiger partial charge in [-0.2, -0.15) is 0 Å². The number of hydrogen-bond acceptors (Lipinski definition) is 3. The number of aliphatic hydroxyl groups excluding tert-OH is 1. The maximum Gasteiger partial charge on any atom is 0.194 e. The van der Waals surface area contributed by atoms with E-state index in [-0.39, 0.29) is 29.9 Å². The van der Waals surface area contributed by atoms with Crippen molar-refractivity contribution >= 4 is 0 Å². The number of nitrogens with one attached hydrogen (secondary N) is 1. The van der Waals surface area contributed by atoms with E-state index < -0.39 is 23.5 Å². The third-order valence-electron chi connectivity index (χ3n) is 3.64. The zero-order valence-corrected chi connectivity index (χ0v) is 13.0. The van der Waals surface area contributed by atoms with E-state index in [4.69, 9.17) is 4.74 Å². The Morgan fingerprint density at radius 2 is 1.77 bits per heavy atom. The van der Waals surface area contributed by atoms with Crippen molar-refractivity contribution in [3.63, 3.8) is 0 Å². The lowest BCUT2D eigenvalue weighted by atomic mass is 9.87. The summed E-state index contributed by atoms with van der Waals surface area (Å²) in [7, 11) is 0. The number of halogens is 3. The molecule has 1 aromatic rings. The summed E-state index contributed by atoms with van der Waals surface area (Å²) < 4.78 is 45.3. The highest BCUT2D eigenvalue weighted by Crippen LogP contribution is 2.30. The van der Waals surface area contributed by atoms with Gasteiger partial charge in [0.15, 0.2) is 17.5 Å². The van der Waals surface area contributed by atoms with Crippen molar-refractivity contribution in [2.24, 2.45) is 0 Å². The van der Waals surface area contributed by atoms with Gasteiger partial charge in [-0.05, 0) is 51.3 Å². The molecule has 3 nitrogen and oxygen atoms in total. The minimum Gasteiger partial charge on any atom is -0.394 e. The molecule has 124 valence electrons. The third-order valence-corrected chi connectivity index (χ3v) is 3.64. The second-order valence-electron chi connectivity index (χ2n) is 6.72. The van der Waals surface area contributed by atoms with Crippen LogP contribution in [0, 0.1) is 17.5 Å². The van der Waals surface area contributed by atoms with Crippen molar-refractivity contribution in [1.82, 2.24) is 5.32 Å². The Morgan fingerprint density at radius 3 is 2.23 bits per heavy atom. The summed E-state index contributed by atoms with van der Waals surface area (Å²) in [6, 6.07) is 1.29. The molecule has 6 heteroatoms. The molecule has 22 heavy (non-hydrogen) atoms. The molecule has 1 saturated carbocycles. The second kappa shape index (κ2) is 6.56. The monoisotopic (exact) mass is 317 g/mol. The van der Waals surface area contributed by atoms with E-state index in [1.165, 1.54) is 0 Å². The summed E-state index contributed by atoms with van der Waals surface area (Å²) in [4.78, 5) is 0. The topological polar surface area (TPSA) is 41.5 Å². The van der Waals surface area contributed by atoms with E-state index in [1.807, 2.05) is 20.8 Å². The zero-order valence-electron chi connectivity index (χ0n) is 13.0. The van der Waals surface area contributed by atoms with Crippen LogP contribution in [-0.4, -0.2) is 29.5 Å². The van der Waals surface area contributed by atoms with Crippen LogP contribution in [0.4, 0.5) is 13.2 Å². The first-order valence-corrected chi connectivity index (χ1v) is 7.38. The first-order chi connectivity index (χ1) is 10.2. The average Bonchev–Trinajstić information content (AvgIpc) is 2.36. The lowest BCUT2D eigenvalue weighted by Gasteiger charge is -2.41. The Morgan fingerprint density at radius 1 is 1.23 bits per heavy atom. The molecular weight excluding hydrogens is 295 g/mol. The molecule has 0 radical (unpaired) electrons. The molecule has 1 unspecified atom stereocenters. The van der Waals surface area contributed by atoms with Crippen LogP contribution in [0.2, 0.25) is 0 Å². The average molecular weight is 317 g/mol. The fourth-order valence-corrected chi connectivity index (χ4v) is 2.61. The van der Waals surface area contributed by atoms with Gasteiger partial charge in [-0.1, -0.05) is 0 Å². The first kappa shape index (κ1) is 17.2. The highest BCUT2D eigenvalue weighted by molar-refractivity contribution is 5.23. The van der Waals surface area contributed by atoms with Crippen molar-refractivity contribution in [2.45, 2.75) is 57.4 Å². The molecule has 1 fully saturated rings. The molecule has 0 heterocycles. The summed E-state index contributed by atoms with van der Waals surface area (Å²) >= 11 is 0. The molecule has 0 aliphatic heterocycles. The van der Waals surface area contributed by atoms with Gasteiger partial charge in [-0.25, -0.2) is 13.2 Å². The van der Waals surface area contributed by atoms with Gasteiger partial charge in [0.2, 0.25) is 0 Å². The normalized spacial score (nSPS) is 23.2. The summed E-state index contributed by atoms with van der Waals surface area (Å²) in [5.41, 5.74) is -0.0195. The van der Waals surface area contributed by atoms with Crippen LogP contribution in [0.1, 0.15) is 45.2 Å². The molecule has 0 spiro atoms. The van der Waals surface area contributed by atoms with Gasteiger partial charge in [0.1, 0.15) is 0 Å². The Balaban J connectivity index is 1.94. The molecular formula is C16H22F3NO2. The van der Waals surface area contributed by atoms with Crippen molar-refractivity contribution < 1.29 is 23.0 Å². The SMILES string of the molecule is CC(C)(C)OC1CC(NC(CO)c2cc(F)c(F)c(F)c2)C1. The van der Waals surface area contributed by atoms with Crippen molar-refractivity contribution in [3.8, 4) is 0 Å². The van der Waals surface area contributed by atoms with Crippen LogP contribution >= 0.6 is 0 Å². The predicted octanol–water partition coefficient (Wildman–Crippen LogP) is 3.07. The summed E-state index contributed by atoms with van der Waals surface area (Å²) in [6.45, 7) is 5.61. The van der Waals surface area contributed by atoms with E-state index in [0.29, 0.717) is 0 Å². The molecule has 0 saturated heterocycles. The Hall–Kier alpha value is -1.11. The second-order valence-corrected chi connectivity index (χ2v) is 6.72. The van der Waals surface area contributed by atoms with Gasteiger partial charge in [0.25, 0.3) is 0 Å². The van der Waals surface area contributed by atoms with Gasteiger partial charge in [-0.15, -0.1) is 0 Å². The van der Waals surface area contributed by atoms with Crippen LogP contribution in [0.5, 0.6) is 0 Å². The highest BCUT2D eigenvalue weighted by Gasteiger charge is 2.34. The predicted molar refractivity (Wildman–Crippen MR) is 76.9 cm³/mol. The molecule has 0 aromatic heterocycles. The number of aliphatic hydroxyl groups is 1. The molecule has 2 N–H and O–H groups in total. The zero-order chi connectivity index (χ0) is 16.5. The summed E-state index contributed by atoms with van der Waals surface area (Å²) in [5.74, 6) is -4.00. The molecule has 2 rings (SSSR count). The smallest absolute Gasteiger partial charge is 0.194 e. The number of ether oxygens (including phenoxy) is 1. The summed E-state index contributed by atoms with van der Waals surface area (Å²) in [5, 5.41) is 12.5. The highest BCUT2D eigenvalue weighted by atomic mass is 19.2. The maximum absolute atomic E-state index is 13.3. The Labute approximate surface area is 128 Å². The fraction of sp³-hybridized carbons (Fsp3) is 0.625.